The van der Waals surface area contributed by atoms with Crippen molar-refractivity contribution < 1.29 is 20.1 Å². The normalized spacial score (nSPS) is 28.9. The molecule has 4 atom stereocenters. The average Bonchev–Trinajstić information content (AvgIpc) is 3.08. The fourth-order valence-corrected chi connectivity index (χ4v) is 4.43. The van der Waals surface area contributed by atoms with E-state index in [0.29, 0.717) is 31.7 Å². The number of aromatic hydroxyl groups is 1. The minimum Gasteiger partial charge on any atom is -0.505 e. The summed E-state index contributed by atoms with van der Waals surface area (Å²) < 4.78 is 6.01. The Morgan fingerprint density at radius 2 is 2.04 bits per heavy atom. The lowest BCUT2D eigenvalue weighted by Crippen LogP contribution is -2.36. The molecule has 4 rings (SSSR count). The third-order valence-electron chi connectivity index (χ3n) is 5.53. The van der Waals surface area contributed by atoms with Crippen molar-refractivity contribution in [3.8, 4) is 11.5 Å². The Balaban J connectivity index is 1.35. The lowest BCUT2D eigenvalue weighted by molar-refractivity contribution is 0.0177. The number of ether oxygens (including phenoxy) is 1. The van der Waals surface area contributed by atoms with Gasteiger partial charge in [-0.1, -0.05) is 29.8 Å². The molecule has 1 saturated heterocycles. The van der Waals surface area contributed by atoms with Crippen LogP contribution in [0.4, 0.5) is 0 Å². The van der Waals surface area contributed by atoms with Gasteiger partial charge in [-0.05, 0) is 30.7 Å². The number of aromatic nitrogens is 1. The van der Waals surface area contributed by atoms with Gasteiger partial charge in [0.15, 0.2) is 10.9 Å². The maximum atomic E-state index is 11.0. The number of β-amino-alcohol motifs (C(OH)–C–C–N with tert-alkyl or cyclic N) is 2. The van der Waals surface area contributed by atoms with Gasteiger partial charge in [0.1, 0.15) is 18.0 Å². The van der Waals surface area contributed by atoms with E-state index in [9.17, 15) is 15.3 Å². The number of hydrogen-bond acceptors (Lipinski definition) is 6. The van der Waals surface area contributed by atoms with Crippen LogP contribution >= 0.6 is 11.6 Å². The number of halogens is 1. The van der Waals surface area contributed by atoms with Crippen molar-refractivity contribution in [3.05, 3.63) is 53.3 Å². The Morgan fingerprint density at radius 1 is 1.26 bits per heavy atom. The molecule has 7 heteroatoms. The number of nitrogens with zero attached hydrogens (tertiary/aromatic N) is 2. The van der Waals surface area contributed by atoms with Crippen molar-refractivity contribution >= 4 is 11.6 Å². The number of hydrogen-bond donors (Lipinski definition) is 3. The second-order valence-corrected chi connectivity index (χ2v) is 7.91. The Hall–Kier alpha value is -1.86. The Labute approximate surface area is 163 Å². The maximum Gasteiger partial charge on any atom is 0.171 e. The van der Waals surface area contributed by atoms with Crippen molar-refractivity contribution in [2.45, 2.75) is 30.7 Å². The summed E-state index contributed by atoms with van der Waals surface area (Å²) in [6, 6.07) is 12.7. The summed E-state index contributed by atoms with van der Waals surface area (Å²) in [5.74, 6) is 0.838. The fourth-order valence-electron chi connectivity index (χ4n) is 4.27. The monoisotopic (exact) mass is 390 g/mol. The first-order valence-corrected chi connectivity index (χ1v) is 9.51. The van der Waals surface area contributed by atoms with Gasteiger partial charge in [-0.3, -0.25) is 4.90 Å². The van der Waals surface area contributed by atoms with E-state index in [1.165, 1.54) is 6.07 Å². The third-order valence-corrected chi connectivity index (χ3v) is 5.81. The number of aliphatic hydroxyl groups is 2. The van der Waals surface area contributed by atoms with E-state index in [2.05, 4.69) is 9.88 Å². The van der Waals surface area contributed by atoms with Crippen molar-refractivity contribution in [1.82, 2.24) is 9.88 Å². The van der Waals surface area contributed by atoms with Gasteiger partial charge in [-0.25, -0.2) is 4.98 Å². The quantitative estimate of drug-likeness (QED) is 0.679. The number of pyridine rings is 1. The first kappa shape index (κ1) is 18.5. The molecule has 0 radical (unpaired) electrons. The van der Waals surface area contributed by atoms with Gasteiger partial charge in [-0.15, -0.1) is 0 Å². The van der Waals surface area contributed by atoms with E-state index >= 15 is 0 Å². The van der Waals surface area contributed by atoms with Gasteiger partial charge in [0.2, 0.25) is 0 Å². The van der Waals surface area contributed by atoms with Crippen LogP contribution in [0.15, 0.2) is 42.5 Å². The number of fused-ring (bicyclic) bond motifs is 1. The number of para-hydroxylation sites is 1. The summed E-state index contributed by atoms with van der Waals surface area (Å²) in [6.07, 6.45) is 0.554. The first-order chi connectivity index (χ1) is 12.9. The zero-order chi connectivity index (χ0) is 19.0. The zero-order valence-corrected chi connectivity index (χ0v) is 15.6. The highest BCUT2D eigenvalue weighted by Gasteiger charge is 2.52. The Morgan fingerprint density at radius 3 is 2.74 bits per heavy atom. The van der Waals surface area contributed by atoms with E-state index in [1.54, 1.807) is 6.07 Å². The number of benzene rings is 1. The predicted molar refractivity (Wildman–Crippen MR) is 101 cm³/mol. The molecule has 1 saturated carbocycles. The molecule has 1 aliphatic carbocycles. The third kappa shape index (κ3) is 3.89. The molecule has 0 bridgehead atoms. The molecule has 144 valence electrons. The summed E-state index contributed by atoms with van der Waals surface area (Å²) in [7, 11) is 0. The van der Waals surface area contributed by atoms with Crippen molar-refractivity contribution in [2.75, 3.05) is 19.6 Å². The van der Waals surface area contributed by atoms with Crippen LogP contribution in [0, 0.1) is 5.92 Å². The summed E-state index contributed by atoms with van der Waals surface area (Å²) >= 11 is 5.82. The van der Waals surface area contributed by atoms with E-state index in [4.69, 9.17) is 16.3 Å². The van der Waals surface area contributed by atoms with Gasteiger partial charge in [-0.2, -0.15) is 0 Å². The highest BCUT2D eigenvalue weighted by molar-refractivity contribution is 6.30. The molecule has 2 aromatic rings. The Bertz CT molecular complexity index is 806. The zero-order valence-electron chi connectivity index (χ0n) is 14.8. The van der Waals surface area contributed by atoms with Crippen LogP contribution < -0.4 is 4.74 Å². The maximum absolute atomic E-state index is 11.0. The van der Waals surface area contributed by atoms with E-state index in [-0.39, 0.29) is 22.9 Å². The lowest BCUT2D eigenvalue weighted by atomic mass is 9.95. The largest absolute Gasteiger partial charge is 0.505 e. The average molecular weight is 391 g/mol. The Kier molecular flexibility index (Phi) is 4.99. The van der Waals surface area contributed by atoms with Crippen molar-refractivity contribution in [1.29, 1.82) is 0 Å². The molecule has 27 heavy (non-hydrogen) atoms. The molecule has 1 aliphatic heterocycles. The molecule has 1 aromatic carbocycles. The molecular weight excluding hydrogens is 368 g/mol. The van der Waals surface area contributed by atoms with Gasteiger partial charge < -0.3 is 20.1 Å². The summed E-state index contributed by atoms with van der Waals surface area (Å²) in [5, 5.41) is 30.9. The van der Waals surface area contributed by atoms with Crippen LogP contribution in [-0.2, 0) is 0 Å². The van der Waals surface area contributed by atoms with Crippen LogP contribution in [0.5, 0.6) is 11.5 Å². The molecule has 1 aromatic heterocycles. The van der Waals surface area contributed by atoms with Crippen LogP contribution in [0.1, 0.15) is 24.6 Å². The van der Waals surface area contributed by atoms with Gasteiger partial charge in [0.05, 0.1) is 11.3 Å². The fraction of sp³-hybridized carbons (Fsp3) is 0.450. The standard InChI is InChI=1S/C20H23ClN2O4/c21-19-17(24)7-6-16(22-19)18(25)11-23-10-13-8-15(9-20(13,26)12-23)27-14-4-2-1-3-5-14/h1-7,13,15,18,24-26H,8-12H2/t13-,15+,18?,20-/m1/s1. The highest BCUT2D eigenvalue weighted by atomic mass is 35.5. The number of aliphatic hydroxyl groups excluding tert-OH is 1. The minimum atomic E-state index is -0.832. The van der Waals surface area contributed by atoms with Crippen LogP contribution in [0.25, 0.3) is 0 Å². The van der Waals surface area contributed by atoms with Crippen molar-refractivity contribution in [3.63, 3.8) is 0 Å². The van der Waals surface area contributed by atoms with Crippen LogP contribution in [-0.4, -0.2) is 56.5 Å². The van der Waals surface area contributed by atoms with Gasteiger partial charge >= 0.3 is 0 Å². The molecule has 2 aliphatic rings. The summed E-state index contributed by atoms with van der Waals surface area (Å²) in [6.45, 7) is 1.56. The molecule has 1 unspecified atom stereocenters. The van der Waals surface area contributed by atoms with Crippen molar-refractivity contribution in [2.24, 2.45) is 5.92 Å². The predicted octanol–water partition coefficient (Wildman–Crippen LogP) is 2.38. The van der Waals surface area contributed by atoms with E-state index in [1.807, 2.05) is 30.3 Å². The van der Waals surface area contributed by atoms with E-state index < -0.39 is 11.7 Å². The number of rotatable bonds is 5. The minimum absolute atomic E-state index is 0.00652. The van der Waals surface area contributed by atoms with Crippen LogP contribution in [0.2, 0.25) is 5.15 Å². The molecule has 0 spiro atoms. The highest BCUT2D eigenvalue weighted by Crippen LogP contribution is 2.43. The van der Waals surface area contributed by atoms with Gasteiger partial charge in [0.25, 0.3) is 0 Å². The van der Waals surface area contributed by atoms with E-state index in [0.717, 1.165) is 12.2 Å². The summed E-state index contributed by atoms with van der Waals surface area (Å²) in [4.78, 5) is 6.07. The second-order valence-electron chi connectivity index (χ2n) is 7.55. The lowest BCUT2D eigenvalue weighted by Gasteiger charge is -2.24. The first-order valence-electron chi connectivity index (χ1n) is 9.13. The smallest absolute Gasteiger partial charge is 0.171 e. The molecule has 3 N–H and O–H groups in total. The molecule has 2 fully saturated rings. The molecule has 0 amide bonds. The molecular formula is C20H23ClN2O4. The van der Waals surface area contributed by atoms with Crippen LogP contribution in [0.3, 0.4) is 0 Å². The number of likely N-dealkylation sites (tertiary alicyclic amines) is 1. The second kappa shape index (κ2) is 7.28. The SMILES string of the molecule is Oc1ccc(C(O)CN2C[C@H]3C[C@H](Oc4ccccc4)C[C@@]3(O)C2)nc1Cl. The topological polar surface area (TPSA) is 86.1 Å². The molecule has 6 nitrogen and oxygen atoms in total. The molecule has 2 heterocycles. The van der Waals surface area contributed by atoms with Gasteiger partial charge in [0, 0.05) is 32.0 Å². The summed E-state index contributed by atoms with van der Waals surface area (Å²) in [5.41, 5.74) is -0.383.